The van der Waals surface area contributed by atoms with E-state index in [1.807, 2.05) is 44.6 Å². The molecule has 2 aliphatic heterocycles. The zero-order valence-electron chi connectivity index (χ0n) is 21.3. The number of thiocarbonyl (C=S) groups is 1. The van der Waals surface area contributed by atoms with Gasteiger partial charge >= 0.3 is 0 Å². The minimum atomic E-state index is -0.104. The van der Waals surface area contributed by atoms with Gasteiger partial charge in [-0.1, -0.05) is 6.07 Å². The Kier molecular flexibility index (Phi) is 5.76. The number of pyridine rings is 1. The van der Waals surface area contributed by atoms with Crippen molar-refractivity contribution in [3.63, 3.8) is 0 Å². The lowest BCUT2D eigenvalue weighted by Gasteiger charge is -2.28. The summed E-state index contributed by atoms with van der Waals surface area (Å²) in [5.41, 5.74) is 7.64. The molecular formula is C29H29N5O2S. The quantitative estimate of drug-likeness (QED) is 0.357. The summed E-state index contributed by atoms with van der Waals surface area (Å²) >= 11 is 5.93. The monoisotopic (exact) mass is 511 g/mol. The first-order chi connectivity index (χ1) is 17.9. The highest BCUT2D eigenvalue weighted by atomic mass is 32.1. The molecule has 0 radical (unpaired) electrons. The van der Waals surface area contributed by atoms with Crippen molar-refractivity contribution in [3.05, 3.63) is 95.6 Å². The highest BCUT2D eigenvalue weighted by Crippen LogP contribution is 2.44. The van der Waals surface area contributed by atoms with E-state index in [9.17, 15) is 0 Å². The van der Waals surface area contributed by atoms with Crippen LogP contribution in [0.3, 0.4) is 0 Å². The van der Waals surface area contributed by atoms with Crippen molar-refractivity contribution in [3.8, 4) is 17.2 Å². The van der Waals surface area contributed by atoms with Crippen LogP contribution < -0.4 is 24.6 Å². The summed E-state index contributed by atoms with van der Waals surface area (Å²) < 4.78 is 13.4. The van der Waals surface area contributed by atoms with Crippen LogP contribution in [0.2, 0.25) is 0 Å². The maximum absolute atomic E-state index is 5.93. The van der Waals surface area contributed by atoms with Crippen LogP contribution in [0.4, 0.5) is 11.4 Å². The van der Waals surface area contributed by atoms with Crippen molar-refractivity contribution in [2.45, 2.75) is 25.9 Å². The number of ether oxygens (including phenoxy) is 2. The topological polar surface area (TPSA) is 54.8 Å². The summed E-state index contributed by atoms with van der Waals surface area (Å²) in [5, 5.41) is 4.26. The Morgan fingerprint density at radius 2 is 1.70 bits per heavy atom. The second-order valence-electron chi connectivity index (χ2n) is 9.61. The first kappa shape index (κ1) is 23.4. The molecule has 8 heteroatoms. The van der Waals surface area contributed by atoms with Crippen LogP contribution in [0.5, 0.6) is 11.5 Å². The van der Waals surface area contributed by atoms with Gasteiger partial charge in [-0.25, -0.2) is 0 Å². The van der Waals surface area contributed by atoms with Crippen molar-refractivity contribution in [1.29, 1.82) is 0 Å². The summed E-state index contributed by atoms with van der Waals surface area (Å²) in [5.74, 6) is 1.54. The van der Waals surface area contributed by atoms with Crippen molar-refractivity contribution < 1.29 is 9.47 Å². The van der Waals surface area contributed by atoms with E-state index >= 15 is 0 Å². The lowest BCUT2D eigenvalue weighted by atomic mass is 9.96. The third kappa shape index (κ3) is 3.97. The van der Waals surface area contributed by atoms with Crippen molar-refractivity contribution in [1.82, 2.24) is 14.9 Å². The lowest BCUT2D eigenvalue weighted by molar-refractivity contribution is 0.174. The van der Waals surface area contributed by atoms with Gasteiger partial charge < -0.3 is 29.2 Å². The van der Waals surface area contributed by atoms with Gasteiger partial charge in [-0.15, -0.1) is 0 Å². The molecule has 0 unspecified atom stereocenters. The number of hydrogen-bond acceptors (Lipinski definition) is 5. The molecule has 2 atom stereocenters. The standard InChI is InChI=1S/C29H29N5O2S/c1-18-15-23(19(2)33(18)22-12-13-25-26(16-22)36-17-35-25)28-27(24-7-5-6-14-30-24)31-29(37)34(28)21-10-8-20(9-11-21)32(3)4/h5-16,27-28H,17H2,1-4H3,(H,31,37)/t27-,28-/m1/s1. The van der Waals surface area contributed by atoms with Gasteiger partial charge in [0.1, 0.15) is 0 Å². The number of hydrogen-bond donors (Lipinski definition) is 1. The Bertz CT molecular complexity index is 1470. The molecule has 0 aliphatic carbocycles. The number of aryl methyl sites for hydroxylation is 1. The smallest absolute Gasteiger partial charge is 0.231 e. The summed E-state index contributed by atoms with van der Waals surface area (Å²) in [4.78, 5) is 9.02. The van der Waals surface area contributed by atoms with Crippen LogP contribution in [-0.2, 0) is 0 Å². The predicted molar refractivity (Wildman–Crippen MR) is 150 cm³/mol. The van der Waals surface area contributed by atoms with Crippen LogP contribution in [-0.4, -0.2) is 35.6 Å². The van der Waals surface area contributed by atoms with Gasteiger partial charge in [0, 0.05) is 54.8 Å². The van der Waals surface area contributed by atoms with Gasteiger partial charge in [-0.05, 0) is 86.2 Å². The molecule has 0 bridgehead atoms. The average molecular weight is 512 g/mol. The normalized spacial score (nSPS) is 18.3. The first-order valence-corrected chi connectivity index (χ1v) is 12.7. The SMILES string of the molecule is Cc1cc([C@@H]2[C@@H](c3ccccn3)NC(=S)N2c2ccc(N(C)C)cc2)c(C)n1-c1ccc2c(c1)OCO2. The van der Waals surface area contributed by atoms with Crippen molar-refractivity contribution >= 4 is 28.7 Å². The van der Waals surface area contributed by atoms with Crippen LogP contribution in [0.25, 0.3) is 5.69 Å². The van der Waals surface area contributed by atoms with E-state index in [0.29, 0.717) is 5.11 Å². The highest BCUT2D eigenvalue weighted by Gasteiger charge is 2.42. The van der Waals surface area contributed by atoms with Crippen LogP contribution in [0, 0.1) is 13.8 Å². The largest absolute Gasteiger partial charge is 0.454 e. The number of nitrogens with one attached hydrogen (secondary N) is 1. The lowest BCUT2D eigenvalue weighted by Crippen LogP contribution is -2.29. The molecule has 0 amide bonds. The van der Waals surface area contributed by atoms with E-state index in [4.69, 9.17) is 26.7 Å². The number of aromatic nitrogens is 2. The van der Waals surface area contributed by atoms with Crippen LogP contribution in [0.1, 0.15) is 34.7 Å². The minimum absolute atomic E-state index is 0.0819. The minimum Gasteiger partial charge on any atom is -0.454 e. The molecule has 4 heterocycles. The number of anilines is 2. The number of benzene rings is 2. The Labute approximate surface area is 222 Å². The summed E-state index contributed by atoms with van der Waals surface area (Å²) in [6.07, 6.45) is 1.83. The molecule has 37 heavy (non-hydrogen) atoms. The zero-order valence-corrected chi connectivity index (χ0v) is 22.1. The van der Waals surface area contributed by atoms with E-state index in [-0.39, 0.29) is 18.9 Å². The van der Waals surface area contributed by atoms with Crippen molar-refractivity contribution in [2.24, 2.45) is 0 Å². The maximum Gasteiger partial charge on any atom is 0.231 e. The first-order valence-electron chi connectivity index (χ1n) is 12.3. The van der Waals surface area contributed by atoms with Crippen LogP contribution in [0.15, 0.2) is 72.9 Å². The van der Waals surface area contributed by atoms with Gasteiger partial charge in [0.15, 0.2) is 16.6 Å². The van der Waals surface area contributed by atoms with Crippen LogP contribution >= 0.6 is 12.2 Å². The highest BCUT2D eigenvalue weighted by molar-refractivity contribution is 7.80. The third-order valence-electron chi connectivity index (χ3n) is 7.15. The van der Waals surface area contributed by atoms with E-state index < -0.39 is 0 Å². The third-order valence-corrected chi connectivity index (χ3v) is 7.46. The molecule has 6 rings (SSSR count). The molecule has 1 N–H and O–H groups in total. The maximum atomic E-state index is 5.93. The molecule has 0 spiro atoms. The molecule has 2 aliphatic rings. The second-order valence-corrected chi connectivity index (χ2v) is 9.99. The average Bonchev–Trinajstić information content (AvgIpc) is 3.59. The summed E-state index contributed by atoms with van der Waals surface area (Å²) in [7, 11) is 4.09. The molecule has 0 saturated carbocycles. The number of nitrogens with zero attached hydrogens (tertiary/aromatic N) is 4. The fraction of sp³-hybridized carbons (Fsp3) is 0.241. The zero-order chi connectivity index (χ0) is 25.7. The molecule has 1 fully saturated rings. The molecule has 188 valence electrons. The van der Waals surface area contributed by atoms with Gasteiger partial charge in [0.2, 0.25) is 6.79 Å². The molecular weight excluding hydrogens is 482 g/mol. The molecule has 1 saturated heterocycles. The summed E-state index contributed by atoms with van der Waals surface area (Å²) in [6, 6.07) is 22.7. The molecule has 2 aromatic carbocycles. The molecule has 7 nitrogen and oxygen atoms in total. The fourth-order valence-electron chi connectivity index (χ4n) is 5.37. The Hall–Kier alpha value is -4.04. The predicted octanol–water partition coefficient (Wildman–Crippen LogP) is 5.46. The van der Waals surface area contributed by atoms with Gasteiger partial charge in [0.25, 0.3) is 0 Å². The van der Waals surface area contributed by atoms with Crippen molar-refractivity contribution in [2.75, 3.05) is 30.7 Å². The molecule has 4 aromatic rings. The number of fused-ring (bicyclic) bond motifs is 1. The Balaban J connectivity index is 1.48. The van der Waals surface area contributed by atoms with E-state index in [1.54, 1.807) is 0 Å². The Morgan fingerprint density at radius 3 is 2.43 bits per heavy atom. The van der Waals surface area contributed by atoms with E-state index in [1.165, 1.54) is 5.56 Å². The Morgan fingerprint density at radius 1 is 0.946 bits per heavy atom. The van der Waals surface area contributed by atoms with Gasteiger partial charge in [0.05, 0.1) is 17.8 Å². The van der Waals surface area contributed by atoms with E-state index in [0.717, 1.165) is 45.6 Å². The van der Waals surface area contributed by atoms with Gasteiger partial charge in [-0.3, -0.25) is 4.98 Å². The van der Waals surface area contributed by atoms with E-state index in [2.05, 4.69) is 76.0 Å². The summed E-state index contributed by atoms with van der Waals surface area (Å²) in [6.45, 7) is 4.55. The van der Waals surface area contributed by atoms with Gasteiger partial charge in [-0.2, -0.15) is 0 Å². The fourth-order valence-corrected chi connectivity index (χ4v) is 5.71. The number of rotatable bonds is 5. The second kappa shape index (κ2) is 9.12. The molecule has 2 aromatic heterocycles.